The zero-order valence-corrected chi connectivity index (χ0v) is 55.7. The van der Waals surface area contributed by atoms with Crippen LogP contribution in [-0.2, 0) is 32.7 Å². The van der Waals surface area contributed by atoms with E-state index in [1.165, 1.54) is 295 Å². The molecule has 0 bridgehead atoms. The summed E-state index contributed by atoms with van der Waals surface area (Å²) >= 11 is 0. The van der Waals surface area contributed by atoms with E-state index in [2.05, 4.69) is 38.2 Å². The molecule has 0 saturated heterocycles. The van der Waals surface area contributed by atoms with Crippen LogP contribution in [0.25, 0.3) is 0 Å². The minimum absolute atomic E-state index is 0.0261. The van der Waals surface area contributed by atoms with E-state index in [1.807, 2.05) is 21.1 Å². The predicted molar refractivity (Wildman–Crippen MR) is 347 cm³/mol. The molecule has 0 aromatic heterocycles. The van der Waals surface area contributed by atoms with Gasteiger partial charge < -0.3 is 27.9 Å². The lowest BCUT2D eigenvalue weighted by molar-refractivity contribution is -0.870. The quantitative estimate of drug-likeness (QED) is 0.0195. The van der Waals surface area contributed by atoms with Crippen molar-refractivity contribution in [2.75, 3.05) is 47.5 Å². The lowest BCUT2D eigenvalue weighted by atomic mass is 10.0. The molecule has 480 valence electrons. The Hall–Kier alpha value is -1.51. The third kappa shape index (κ3) is 67.5. The zero-order chi connectivity index (χ0) is 59.1. The monoisotopic (exact) mass is 1160 g/mol. The molecule has 0 aliphatic heterocycles. The third-order valence-corrected chi connectivity index (χ3v) is 17.2. The Morgan fingerprint density at radius 2 is 0.667 bits per heavy atom. The van der Waals surface area contributed by atoms with Gasteiger partial charge in [-0.15, -0.1) is 0 Å². The molecule has 2 unspecified atom stereocenters. The summed E-state index contributed by atoms with van der Waals surface area (Å²) in [4.78, 5) is 38.0. The molecule has 0 amide bonds. The zero-order valence-electron chi connectivity index (χ0n) is 54.8. The van der Waals surface area contributed by atoms with E-state index >= 15 is 0 Å². The van der Waals surface area contributed by atoms with E-state index in [9.17, 15) is 19.0 Å². The van der Waals surface area contributed by atoms with E-state index in [0.717, 1.165) is 38.5 Å². The van der Waals surface area contributed by atoms with Crippen LogP contribution in [0.1, 0.15) is 367 Å². The van der Waals surface area contributed by atoms with E-state index in [4.69, 9.17) is 18.5 Å². The topological polar surface area (TPSA) is 111 Å². The van der Waals surface area contributed by atoms with Gasteiger partial charge in [0.05, 0.1) is 27.7 Å². The van der Waals surface area contributed by atoms with Gasteiger partial charge in [0.15, 0.2) is 6.10 Å². The number of rotatable bonds is 67. The van der Waals surface area contributed by atoms with Gasteiger partial charge in [-0.25, -0.2) is 0 Å². The van der Waals surface area contributed by atoms with Crippen molar-refractivity contribution in [1.29, 1.82) is 0 Å². The Kier molecular flexibility index (Phi) is 61.8. The highest BCUT2D eigenvalue weighted by Gasteiger charge is 2.22. The Labute approximate surface area is 504 Å². The Morgan fingerprint density at radius 1 is 0.383 bits per heavy atom. The van der Waals surface area contributed by atoms with Crippen LogP contribution in [0, 0.1) is 0 Å². The fourth-order valence-electron chi connectivity index (χ4n) is 10.8. The Morgan fingerprint density at radius 3 is 0.975 bits per heavy atom. The summed E-state index contributed by atoms with van der Waals surface area (Å²) in [5.74, 6) is -0.808. The first kappa shape index (κ1) is 79.5. The summed E-state index contributed by atoms with van der Waals surface area (Å²) in [6, 6.07) is 0. The molecule has 2 atom stereocenters. The van der Waals surface area contributed by atoms with Crippen LogP contribution in [0.2, 0.25) is 0 Å². The predicted octanol–water partition coefficient (Wildman–Crippen LogP) is 22.3. The van der Waals surface area contributed by atoms with Gasteiger partial charge in [0, 0.05) is 12.8 Å². The molecule has 0 aromatic carbocycles. The van der Waals surface area contributed by atoms with Crippen LogP contribution in [0.5, 0.6) is 0 Å². The normalized spacial score (nSPS) is 13.2. The van der Waals surface area contributed by atoms with Crippen molar-refractivity contribution < 1.29 is 42.1 Å². The number of hydrogen-bond acceptors (Lipinski definition) is 8. The maximum Gasteiger partial charge on any atom is 0.306 e. The molecule has 0 heterocycles. The number of carbonyl (C=O) groups is 2. The number of allylic oxidation sites excluding steroid dienone is 4. The number of hydrogen-bond donors (Lipinski definition) is 0. The number of unbranched alkanes of at least 4 members (excludes halogenated alkanes) is 49. The average Bonchev–Trinajstić information content (AvgIpc) is 3.43. The van der Waals surface area contributed by atoms with Gasteiger partial charge in [-0.05, 0) is 44.9 Å². The van der Waals surface area contributed by atoms with Crippen molar-refractivity contribution in [3.05, 3.63) is 24.3 Å². The molecule has 0 aliphatic rings. The Bertz CT molecular complexity index is 1420. The van der Waals surface area contributed by atoms with E-state index in [0.29, 0.717) is 17.4 Å². The number of carbonyl (C=O) groups excluding carboxylic acids is 2. The SMILES string of the molecule is CCCCCCC/C=C\C/C=C\CCCCCCCCCCCCCCCCCCCCCCCCCCCCCC(=O)OC(COC(=O)CCCCCCCCCCCCCCCCCCCC)COP(=O)([O-])OCC[N+](C)(C)C. The summed E-state index contributed by atoms with van der Waals surface area (Å²) in [5.41, 5.74) is 0. The standard InChI is InChI=1S/C71H138NO8P/c1-6-8-10-12-14-16-18-20-22-24-26-27-28-29-30-31-32-33-34-35-36-37-38-39-40-41-42-43-44-45-46-48-50-52-54-56-58-60-62-64-71(74)80-69(68-79-81(75,76)78-66-65-72(3,4)5)67-77-70(73)63-61-59-57-55-53-51-49-47-25-23-21-19-17-15-13-11-9-7-2/h18,20,24,26,69H,6-17,19,21-23,25,27-68H2,1-5H3/b20-18-,26-24-. The largest absolute Gasteiger partial charge is 0.756 e. The Balaban J connectivity index is 3.88. The van der Waals surface area contributed by atoms with Crippen molar-refractivity contribution in [3.63, 3.8) is 0 Å². The van der Waals surface area contributed by atoms with Gasteiger partial charge in [0.1, 0.15) is 19.8 Å². The first-order valence-corrected chi connectivity index (χ1v) is 37.0. The summed E-state index contributed by atoms with van der Waals surface area (Å²) in [5, 5.41) is 0. The molecule has 0 spiro atoms. The maximum atomic E-state index is 12.8. The molecule has 0 N–H and O–H groups in total. The first-order valence-electron chi connectivity index (χ1n) is 35.5. The van der Waals surface area contributed by atoms with E-state index in [1.54, 1.807) is 0 Å². The average molecular weight is 1160 g/mol. The van der Waals surface area contributed by atoms with Crippen LogP contribution in [0.3, 0.4) is 0 Å². The number of ether oxygens (including phenoxy) is 2. The number of nitrogens with zero attached hydrogens (tertiary/aromatic N) is 1. The van der Waals surface area contributed by atoms with Gasteiger partial charge >= 0.3 is 11.9 Å². The van der Waals surface area contributed by atoms with Gasteiger partial charge in [-0.2, -0.15) is 0 Å². The molecule has 81 heavy (non-hydrogen) atoms. The molecule has 0 radical (unpaired) electrons. The molecular weight excluding hydrogens is 1030 g/mol. The van der Waals surface area contributed by atoms with Crippen molar-refractivity contribution in [2.24, 2.45) is 0 Å². The fraction of sp³-hybridized carbons (Fsp3) is 0.915. The number of phosphoric ester groups is 1. The third-order valence-electron chi connectivity index (χ3n) is 16.2. The highest BCUT2D eigenvalue weighted by atomic mass is 31.2. The summed E-state index contributed by atoms with van der Waals surface area (Å²) < 4.78 is 34.3. The minimum atomic E-state index is -4.63. The van der Waals surface area contributed by atoms with Crippen LogP contribution in [0.15, 0.2) is 24.3 Å². The van der Waals surface area contributed by atoms with E-state index in [-0.39, 0.29) is 32.0 Å². The molecule has 0 fully saturated rings. The van der Waals surface area contributed by atoms with Crippen LogP contribution < -0.4 is 4.89 Å². The highest BCUT2D eigenvalue weighted by Crippen LogP contribution is 2.38. The van der Waals surface area contributed by atoms with Gasteiger partial charge in [0.25, 0.3) is 7.82 Å². The summed E-state index contributed by atoms with van der Waals surface area (Å²) in [7, 11) is 1.19. The number of quaternary nitrogens is 1. The van der Waals surface area contributed by atoms with Gasteiger partial charge in [-0.1, -0.05) is 334 Å². The van der Waals surface area contributed by atoms with Crippen molar-refractivity contribution in [3.8, 4) is 0 Å². The molecule has 0 aromatic rings. The van der Waals surface area contributed by atoms with Crippen molar-refractivity contribution in [1.82, 2.24) is 0 Å². The van der Waals surface area contributed by atoms with Crippen LogP contribution in [0.4, 0.5) is 0 Å². The number of esters is 2. The van der Waals surface area contributed by atoms with Gasteiger partial charge in [-0.3, -0.25) is 14.2 Å². The highest BCUT2D eigenvalue weighted by molar-refractivity contribution is 7.45. The summed E-state index contributed by atoms with van der Waals surface area (Å²) in [6.07, 6.45) is 78.5. The molecule has 9 nitrogen and oxygen atoms in total. The summed E-state index contributed by atoms with van der Waals surface area (Å²) in [6.45, 7) is 4.30. The molecule has 0 aliphatic carbocycles. The minimum Gasteiger partial charge on any atom is -0.756 e. The smallest absolute Gasteiger partial charge is 0.306 e. The fourth-order valence-corrected chi connectivity index (χ4v) is 11.5. The van der Waals surface area contributed by atoms with Crippen LogP contribution in [-0.4, -0.2) is 70.0 Å². The van der Waals surface area contributed by atoms with Crippen molar-refractivity contribution >= 4 is 19.8 Å². The van der Waals surface area contributed by atoms with E-state index < -0.39 is 26.5 Å². The van der Waals surface area contributed by atoms with Gasteiger partial charge in [0.2, 0.25) is 0 Å². The van der Waals surface area contributed by atoms with Crippen molar-refractivity contribution in [2.45, 2.75) is 373 Å². The molecular formula is C71H138NO8P. The second-order valence-corrected chi connectivity index (χ2v) is 27.0. The molecule has 10 heteroatoms. The second-order valence-electron chi connectivity index (χ2n) is 25.6. The van der Waals surface area contributed by atoms with Crippen LogP contribution >= 0.6 is 7.82 Å². The lowest BCUT2D eigenvalue weighted by Crippen LogP contribution is -2.37. The maximum absolute atomic E-state index is 12.8. The molecule has 0 saturated carbocycles. The number of likely N-dealkylation sites (N-methyl/N-ethyl adjacent to an activating group) is 1. The second kappa shape index (κ2) is 63.0. The lowest BCUT2D eigenvalue weighted by Gasteiger charge is -2.28. The number of phosphoric acid groups is 1. The molecule has 0 rings (SSSR count). The first-order chi connectivity index (χ1) is 39.5.